The highest BCUT2D eigenvalue weighted by Crippen LogP contribution is 2.29. The van der Waals surface area contributed by atoms with Crippen molar-refractivity contribution in [2.75, 3.05) is 6.61 Å². The predicted octanol–water partition coefficient (Wildman–Crippen LogP) is 2.86. The summed E-state index contributed by atoms with van der Waals surface area (Å²) in [4.78, 5) is 16.0. The van der Waals surface area contributed by atoms with Crippen molar-refractivity contribution in [2.24, 2.45) is 5.92 Å². The SMILES string of the molecule is O=C(NCc1ccnc(OCC2CC2)c1)c1ccsc1. The van der Waals surface area contributed by atoms with E-state index in [0.29, 0.717) is 23.9 Å². The lowest BCUT2D eigenvalue weighted by Crippen LogP contribution is -2.22. The normalized spacial score (nSPS) is 14.0. The summed E-state index contributed by atoms with van der Waals surface area (Å²) in [6, 6.07) is 5.59. The van der Waals surface area contributed by atoms with Gasteiger partial charge in [-0.3, -0.25) is 4.79 Å². The molecule has 0 atom stereocenters. The van der Waals surface area contributed by atoms with Crippen LogP contribution in [0.4, 0.5) is 0 Å². The summed E-state index contributed by atoms with van der Waals surface area (Å²) in [7, 11) is 0. The van der Waals surface area contributed by atoms with Gasteiger partial charge in [-0.1, -0.05) is 0 Å². The summed E-state index contributed by atoms with van der Waals surface area (Å²) < 4.78 is 5.63. The molecule has 0 aromatic carbocycles. The van der Waals surface area contributed by atoms with Gasteiger partial charge in [-0.2, -0.15) is 11.3 Å². The molecule has 0 spiro atoms. The van der Waals surface area contributed by atoms with Gasteiger partial charge in [0.1, 0.15) is 0 Å². The van der Waals surface area contributed by atoms with Crippen LogP contribution in [0, 0.1) is 5.92 Å². The fourth-order valence-electron chi connectivity index (χ4n) is 1.81. The van der Waals surface area contributed by atoms with Crippen molar-refractivity contribution in [3.05, 3.63) is 46.3 Å². The first kappa shape index (κ1) is 13.1. The Kier molecular flexibility index (Phi) is 3.97. The third kappa shape index (κ3) is 3.57. The molecule has 2 aromatic rings. The first-order chi connectivity index (χ1) is 9.81. The summed E-state index contributed by atoms with van der Waals surface area (Å²) in [6.45, 7) is 1.23. The number of amides is 1. The Hall–Kier alpha value is -1.88. The van der Waals surface area contributed by atoms with E-state index in [2.05, 4.69) is 10.3 Å². The minimum Gasteiger partial charge on any atom is -0.477 e. The van der Waals surface area contributed by atoms with Crippen LogP contribution < -0.4 is 10.1 Å². The van der Waals surface area contributed by atoms with Crippen molar-refractivity contribution in [3.63, 3.8) is 0 Å². The molecule has 0 radical (unpaired) electrons. The van der Waals surface area contributed by atoms with Gasteiger partial charge in [0.05, 0.1) is 6.61 Å². The van der Waals surface area contributed by atoms with Gasteiger partial charge in [0.15, 0.2) is 0 Å². The van der Waals surface area contributed by atoms with Gasteiger partial charge in [0, 0.05) is 29.8 Å². The summed E-state index contributed by atoms with van der Waals surface area (Å²) in [5.41, 5.74) is 1.70. The molecule has 1 N–H and O–H groups in total. The van der Waals surface area contributed by atoms with Gasteiger partial charge in [0.25, 0.3) is 5.91 Å². The molecule has 5 heteroatoms. The molecule has 1 amide bonds. The summed E-state index contributed by atoms with van der Waals surface area (Å²) in [5.74, 6) is 1.29. The number of hydrogen-bond acceptors (Lipinski definition) is 4. The van der Waals surface area contributed by atoms with Gasteiger partial charge in [-0.15, -0.1) is 0 Å². The quantitative estimate of drug-likeness (QED) is 0.889. The Morgan fingerprint density at radius 3 is 3.10 bits per heavy atom. The second-order valence-corrected chi connectivity index (χ2v) is 5.73. The van der Waals surface area contributed by atoms with Crippen LogP contribution in [0.15, 0.2) is 35.2 Å². The first-order valence-electron chi connectivity index (χ1n) is 6.69. The molecule has 1 fully saturated rings. The summed E-state index contributed by atoms with van der Waals surface area (Å²) in [5, 5.41) is 6.62. The average Bonchev–Trinajstić information content (AvgIpc) is 3.14. The number of carbonyl (C=O) groups excluding carboxylic acids is 1. The number of nitrogens with one attached hydrogen (secondary N) is 1. The maximum Gasteiger partial charge on any atom is 0.252 e. The molecule has 1 saturated carbocycles. The monoisotopic (exact) mass is 288 g/mol. The van der Waals surface area contributed by atoms with Gasteiger partial charge < -0.3 is 10.1 Å². The predicted molar refractivity (Wildman–Crippen MR) is 77.9 cm³/mol. The van der Waals surface area contributed by atoms with Crippen LogP contribution in [-0.4, -0.2) is 17.5 Å². The molecule has 2 heterocycles. The molecule has 1 aliphatic carbocycles. The van der Waals surface area contributed by atoms with Crippen LogP contribution in [-0.2, 0) is 6.54 Å². The van der Waals surface area contributed by atoms with Gasteiger partial charge in [0.2, 0.25) is 5.88 Å². The summed E-state index contributed by atoms with van der Waals surface area (Å²) >= 11 is 1.52. The maximum absolute atomic E-state index is 11.8. The molecule has 20 heavy (non-hydrogen) atoms. The number of thiophene rings is 1. The number of carbonyl (C=O) groups is 1. The average molecular weight is 288 g/mol. The van der Waals surface area contributed by atoms with E-state index in [-0.39, 0.29) is 5.91 Å². The molecule has 0 unspecified atom stereocenters. The van der Waals surface area contributed by atoms with Crippen molar-refractivity contribution >= 4 is 17.2 Å². The minimum absolute atomic E-state index is 0.0523. The zero-order valence-corrected chi connectivity index (χ0v) is 11.9. The molecule has 2 aromatic heterocycles. The minimum atomic E-state index is -0.0523. The Labute approximate surface area is 121 Å². The van der Waals surface area contributed by atoms with Crippen LogP contribution in [0.1, 0.15) is 28.8 Å². The fourth-order valence-corrected chi connectivity index (χ4v) is 2.44. The Morgan fingerprint density at radius 1 is 1.45 bits per heavy atom. The van der Waals surface area contributed by atoms with Gasteiger partial charge in [-0.25, -0.2) is 4.98 Å². The second kappa shape index (κ2) is 6.05. The topological polar surface area (TPSA) is 51.2 Å². The molecule has 104 valence electrons. The lowest BCUT2D eigenvalue weighted by atomic mass is 10.2. The van der Waals surface area contributed by atoms with Crippen LogP contribution >= 0.6 is 11.3 Å². The third-order valence-electron chi connectivity index (χ3n) is 3.20. The van der Waals surface area contributed by atoms with Crippen molar-refractivity contribution in [1.82, 2.24) is 10.3 Å². The lowest BCUT2D eigenvalue weighted by Gasteiger charge is -2.07. The number of aromatic nitrogens is 1. The smallest absolute Gasteiger partial charge is 0.252 e. The van der Waals surface area contributed by atoms with Crippen LogP contribution in [0.2, 0.25) is 0 Å². The number of ether oxygens (including phenoxy) is 1. The fraction of sp³-hybridized carbons (Fsp3) is 0.333. The van der Waals surface area contributed by atoms with E-state index in [0.717, 1.165) is 12.2 Å². The van der Waals surface area contributed by atoms with Crippen molar-refractivity contribution in [3.8, 4) is 5.88 Å². The van der Waals surface area contributed by atoms with E-state index < -0.39 is 0 Å². The van der Waals surface area contributed by atoms with Crippen LogP contribution in [0.5, 0.6) is 5.88 Å². The molecule has 1 aliphatic rings. The Balaban J connectivity index is 1.53. The van der Waals surface area contributed by atoms with Crippen molar-refractivity contribution in [1.29, 1.82) is 0 Å². The molecule has 0 bridgehead atoms. The Bertz CT molecular complexity index is 579. The van der Waals surface area contributed by atoms with Gasteiger partial charge in [-0.05, 0) is 41.8 Å². The number of nitrogens with zero attached hydrogens (tertiary/aromatic N) is 1. The highest BCUT2D eigenvalue weighted by molar-refractivity contribution is 7.08. The molecular formula is C15H16N2O2S. The van der Waals surface area contributed by atoms with Gasteiger partial charge >= 0.3 is 0 Å². The maximum atomic E-state index is 11.8. The second-order valence-electron chi connectivity index (χ2n) is 4.95. The van der Waals surface area contributed by atoms with E-state index in [1.165, 1.54) is 24.2 Å². The summed E-state index contributed by atoms with van der Waals surface area (Å²) in [6.07, 6.45) is 4.24. The van der Waals surface area contributed by atoms with E-state index in [9.17, 15) is 4.79 Å². The van der Waals surface area contributed by atoms with E-state index in [1.807, 2.05) is 29.0 Å². The number of rotatable bonds is 6. The lowest BCUT2D eigenvalue weighted by molar-refractivity contribution is 0.0951. The van der Waals surface area contributed by atoms with Crippen molar-refractivity contribution in [2.45, 2.75) is 19.4 Å². The highest BCUT2D eigenvalue weighted by atomic mass is 32.1. The Morgan fingerprint density at radius 2 is 2.35 bits per heavy atom. The zero-order chi connectivity index (χ0) is 13.8. The number of pyridine rings is 1. The van der Waals surface area contributed by atoms with Crippen LogP contribution in [0.3, 0.4) is 0 Å². The molecular weight excluding hydrogens is 272 g/mol. The molecule has 4 nitrogen and oxygen atoms in total. The molecule has 0 saturated heterocycles. The third-order valence-corrected chi connectivity index (χ3v) is 3.88. The number of hydrogen-bond donors (Lipinski definition) is 1. The standard InChI is InChI=1S/C15H16N2O2S/c18-15(13-4-6-20-10-13)17-8-12-3-5-16-14(7-12)19-9-11-1-2-11/h3-7,10-11H,1-2,8-9H2,(H,17,18). The largest absolute Gasteiger partial charge is 0.477 e. The van der Waals surface area contributed by atoms with Crippen molar-refractivity contribution < 1.29 is 9.53 Å². The van der Waals surface area contributed by atoms with E-state index in [4.69, 9.17) is 4.74 Å². The van der Waals surface area contributed by atoms with E-state index in [1.54, 1.807) is 6.20 Å². The van der Waals surface area contributed by atoms with Crippen LogP contribution in [0.25, 0.3) is 0 Å². The molecule has 3 rings (SSSR count). The highest BCUT2D eigenvalue weighted by Gasteiger charge is 2.22. The zero-order valence-electron chi connectivity index (χ0n) is 11.0. The van der Waals surface area contributed by atoms with E-state index >= 15 is 0 Å². The molecule has 0 aliphatic heterocycles. The first-order valence-corrected chi connectivity index (χ1v) is 7.63.